The number of hydrogen-bond acceptors (Lipinski definition) is 4. The molecule has 0 bridgehead atoms. The second-order valence-electron chi connectivity index (χ2n) is 5.40. The molecule has 1 aliphatic rings. The Labute approximate surface area is 122 Å². The van der Waals surface area contributed by atoms with Crippen LogP contribution in [0.3, 0.4) is 0 Å². The van der Waals surface area contributed by atoms with Crippen molar-refractivity contribution >= 4 is 0 Å². The van der Waals surface area contributed by atoms with E-state index in [4.69, 9.17) is 10.5 Å². The number of aryl methyl sites for hydroxylation is 1. The molecule has 3 rings (SSSR count). The van der Waals surface area contributed by atoms with Gasteiger partial charge in [0.2, 0.25) is 0 Å². The van der Waals surface area contributed by atoms with Gasteiger partial charge in [-0.25, -0.2) is 4.39 Å². The maximum atomic E-state index is 13.4. The van der Waals surface area contributed by atoms with Gasteiger partial charge in [-0.15, -0.1) is 10.2 Å². The van der Waals surface area contributed by atoms with Gasteiger partial charge in [0.25, 0.3) is 0 Å². The monoisotopic (exact) mass is 290 g/mol. The van der Waals surface area contributed by atoms with Gasteiger partial charge in [-0.05, 0) is 25.8 Å². The minimum Gasteiger partial charge on any atom is -0.485 e. The first-order valence-electron chi connectivity index (χ1n) is 7.24. The molecule has 0 unspecified atom stereocenters. The summed E-state index contributed by atoms with van der Waals surface area (Å²) in [6.07, 6.45) is 3.23. The zero-order valence-electron chi connectivity index (χ0n) is 12.1. The van der Waals surface area contributed by atoms with Crippen LogP contribution >= 0.6 is 0 Å². The lowest BCUT2D eigenvalue weighted by atomic mass is 10.1. The molecule has 2 heterocycles. The Morgan fingerprint density at radius 3 is 3.05 bits per heavy atom. The zero-order valence-corrected chi connectivity index (χ0v) is 12.1. The van der Waals surface area contributed by atoms with Gasteiger partial charge in [-0.1, -0.05) is 6.07 Å². The predicted octanol–water partition coefficient (Wildman–Crippen LogP) is 2.35. The molecule has 1 aromatic heterocycles. The van der Waals surface area contributed by atoms with E-state index in [2.05, 4.69) is 14.8 Å². The number of rotatable bonds is 4. The van der Waals surface area contributed by atoms with E-state index >= 15 is 0 Å². The van der Waals surface area contributed by atoms with Gasteiger partial charge in [0, 0.05) is 30.6 Å². The standard InChI is InChI=1S/C15H19FN4O/c1-10(17)12-6-5-11(16)8-13(12)21-9-15-19-18-14-4-2-3-7-20(14)15/h5-6,8,10H,2-4,7,9,17H2,1H3/t10-/m1/s1. The molecular formula is C15H19FN4O. The van der Waals surface area contributed by atoms with Crippen LogP contribution in [0.4, 0.5) is 4.39 Å². The van der Waals surface area contributed by atoms with E-state index in [-0.39, 0.29) is 18.5 Å². The summed E-state index contributed by atoms with van der Waals surface area (Å²) in [5.74, 6) is 1.92. The first-order chi connectivity index (χ1) is 10.1. The number of ether oxygens (including phenoxy) is 1. The van der Waals surface area contributed by atoms with Crippen LogP contribution in [-0.4, -0.2) is 14.8 Å². The summed E-state index contributed by atoms with van der Waals surface area (Å²) < 4.78 is 21.2. The highest BCUT2D eigenvalue weighted by molar-refractivity contribution is 5.36. The second-order valence-corrected chi connectivity index (χ2v) is 5.40. The molecule has 0 spiro atoms. The number of nitrogens with two attached hydrogens (primary N) is 1. The Balaban J connectivity index is 1.79. The third-order valence-corrected chi connectivity index (χ3v) is 3.76. The third-order valence-electron chi connectivity index (χ3n) is 3.76. The summed E-state index contributed by atoms with van der Waals surface area (Å²) in [5.41, 5.74) is 6.68. The van der Waals surface area contributed by atoms with Gasteiger partial charge in [0.1, 0.15) is 24.0 Å². The van der Waals surface area contributed by atoms with Crippen molar-refractivity contribution in [2.75, 3.05) is 0 Å². The van der Waals surface area contributed by atoms with E-state index in [1.807, 2.05) is 6.92 Å². The van der Waals surface area contributed by atoms with E-state index in [0.29, 0.717) is 5.75 Å². The highest BCUT2D eigenvalue weighted by atomic mass is 19.1. The molecule has 5 nitrogen and oxygen atoms in total. The van der Waals surface area contributed by atoms with Crippen molar-refractivity contribution in [3.63, 3.8) is 0 Å². The van der Waals surface area contributed by atoms with Crippen LogP contribution in [0.5, 0.6) is 5.75 Å². The highest BCUT2D eigenvalue weighted by Gasteiger charge is 2.17. The maximum Gasteiger partial charge on any atom is 0.171 e. The molecule has 112 valence electrons. The minimum absolute atomic E-state index is 0.215. The van der Waals surface area contributed by atoms with Crippen LogP contribution < -0.4 is 10.5 Å². The lowest BCUT2D eigenvalue weighted by Gasteiger charge is -2.16. The molecule has 1 aliphatic heterocycles. The van der Waals surface area contributed by atoms with Crippen LogP contribution in [-0.2, 0) is 19.6 Å². The predicted molar refractivity (Wildman–Crippen MR) is 76.3 cm³/mol. The smallest absolute Gasteiger partial charge is 0.171 e. The topological polar surface area (TPSA) is 66.0 Å². The van der Waals surface area contributed by atoms with E-state index in [1.165, 1.54) is 12.1 Å². The summed E-state index contributed by atoms with van der Waals surface area (Å²) >= 11 is 0. The van der Waals surface area contributed by atoms with Crippen LogP contribution in [0.2, 0.25) is 0 Å². The lowest BCUT2D eigenvalue weighted by Crippen LogP contribution is -2.15. The zero-order chi connectivity index (χ0) is 14.8. The molecule has 0 aliphatic carbocycles. The summed E-state index contributed by atoms with van der Waals surface area (Å²) in [6.45, 7) is 3.04. The van der Waals surface area contributed by atoms with Crippen LogP contribution in [0.15, 0.2) is 18.2 Å². The summed E-state index contributed by atoms with van der Waals surface area (Å²) in [5, 5.41) is 8.35. The Hall–Kier alpha value is -1.95. The molecule has 0 saturated heterocycles. The Bertz CT molecular complexity index is 639. The summed E-state index contributed by atoms with van der Waals surface area (Å²) in [7, 11) is 0. The second kappa shape index (κ2) is 5.81. The van der Waals surface area contributed by atoms with Crippen molar-refractivity contribution in [1.82, 2.24) is 14.8 Å². The van der Waals surface area contributed by atoms with E-state index in [1.54, 1.807) is 6.07 Å². The van der Waals surface area contributed by atoms with E-state index in [9.17, 15) is 4.39 Å². The largest absolute Gasteiger partial charge is 0.485 e. The van der Waals surface area contributed by atoms with Crippen molar-refractivity contribution in [2.45, 2.75) is 45.4 Å². The molecule has 1 atom stereocenters. The van der Waals surface area contributed by atoms with Gasteiger partial charge in [0.05, 0.1) is 0 Å². The van der Waals surface area contributed by atoms with Crippen LogP contribution in [0, 0.1) is 5.82 Å². The average molecular weight is 290 g/mol. The fraction of sp³-hybridized carbons (Fsp3) is 0.467. The average Bonchev–Trinajstić information content (AvgIpc) is 2.88. The highest BCUT2D eigenvalue weighted by Crippen LogP contribution is 2.26. The molecule has 2 aromatic rings. The number of aromatic nitrogens is 3. The molecule has 1 aromatic carbocycles. The molecule has 0 saturated carbocycles. The Morgan fingerprint density at radius 2 is 2.24 bits per heavy atom. The molecule has 0 radical (unpaired) electrons. The van der Waals surface area contributed by atoms with Gasteiger partial charge in [-0.2, -0.15) is 0 Å². The number of hydrogen-bond donors (Lipinski definition) is 1. The van der Waals surface area contributed by atoms with Gasteiger partial charge in [0.15, 0.2) is 5.82 Å². The first-order valence-corrected chi connectivity index (χ1v) is 7.24. The van der Waals surface area contributed by atoms with Crippen LogP contribution in [0.1, 0.15) is 43.0 Å². The van der Waals surface area contributed by atoms with Crippen molar-refractivity contribution in [3.8, 4) is 5.75 Å². The quantitative estimate of drug-likeness (QED) is 0.938. The summed E-state index contributed by atoms with van der Waals surface area (Å²) in [4.78, 5) is 0. The Morgan fingerprint density at radius 1 is 1.38 bits per heavy atom. The molecule has 0 fully saturated rings. The van der Waals surface area contributed by atoms with Crippen LogP contribution in [0.25, 0.3) is 0 Å². The maximum absolute atomic E-state index is 13.4. The number of fused-ring (bicyclic) bond motifs is 1. The molecular weight excluding hydrogens is 271 g/mol. The fourth-order valence-corrected chi connectivity index (χ4v) is 2.63. The van der Waals surface area contributed by atoms with E-state index in [0.717, 1.165) is 43.0 Å². The number of nitrogens with zero attached hydrogens (tertiary/aromatic N) is 3. The molecule has 21 heavy (non-hydrogen) atoms. The van der Waals surface area contributed by atoms with Crippen molar-refractivity contribution in [3.05, 3.63) is 41.2 Å². The lowest BCUT2D eigenvalue weighted by molar-refractivity contribution is 0.280. The SMILES string of the molecule is C[C@@H](N)c1ccc(F)cc1OCc1nnc2n1CCCC2. The van der Waals surface area contributed by atoms with E-state index < -0.39 is 0 Å². The Kier molecular flexibility index (Phi) is 3.88. The first kappa shape index (κ1) is 14.0. The third kappa shape index (κ3) is 2.90. The molecule has 6 heteroatoms. The van der Waals surface area contributed by atoms with Crippen molar-refractivity contribution in [2.24, 2.45) is 5.73 Å². The minimum atomic E-state index is -0.335. The van der Waals surface area contributed by atoms with Gasteiger partial charge >= 0.3 is 0 Å². The van der Waals surface area contributed by atoms with Gasteiger partial charge in [-0.3, -0.25) is 0 Å². The van der Waals surface area contributed by atoms with Gasteiger partial charge < -0.3 is 15.0 Å². The summed E-state index contributed by atoms with van der Waals surface area (Å²) in [6, 6.07) is 4.21. The molecule has 0 amide bonds. The number of halogens is 1. The van der Waals surface area contributed by atoms with Crippen molar-refractivity contribution < 1.29 is 9.13 Å². The van der Waals surface area contributed by atoms with Crippen molar-refractivity contribution in [1.29, 1.82) is 0 Å². The number of benzene rings is 1. The fourth-order valence-electron chi connectivity index (χ4n) is 2.63. The molecule has 2 N–H and O–H groups in total. The normalized spacial score (nSPS) is 15.6.